The Morgan fingerprint density at radius 2 is 1.56 bits per heavy atom. The quantitative estimate of drug-likeness (QED) is 0.738. The van der Waals surface area contributed by atoms with Crippen LogP contribution in [0.2, 0.25) is 0 Å². The average Bonchev–Trinajstić information content (AvgIpc) is 2.32. The topological polar surface area (TPSA) is 94.9 Å². The lowest BCUT2D eigenvalue weighted by Gasteiger charge is -1.89. The first-order valence-electron chi connectivity index (χ1n) is 4.57. The van der Waals surface area contributed by atoms with Crippen molar-refractivity contribution in [1.29, 1.82) is 0 Å². The van der Waals surface area contributed by atoms with E-state index in [2.05, 4.69) is 9.97 Å². The van der Waals surface area contributed by atoms with Crippen molar-refractivity contribution in [1.82, 2.24) is 9.97 Å². The van der Waals surface area contributed by atoms with Crippen LogP contribution in [0.1, 0.15) is 10.4 Å². The van der Waals surface area contributed by atoms with Gasteiger partial charge < -0.3 is 11.5 Å². The van der Waals surface area contributed by atoms with E-state index in [4.69, 9.17) is 11.5 Å². The number of amides is 1. The van der Waals surface area contributed by atoms with Crippen LogP contribution in [0.3, 0.4) is 0 Å². The maximum atomic E-state index is 10.4. The molecule has 0 aliphatic heterocycles. The lowest BCUT2D eigenvalue weighted by atomic mass is 10.2. The second-order valence-electron chi connectivity index (χ2n) is 2.84. The molecule has 5 nitrogen and oxygen atoms in total. The van der Waals surface area contributed by atoms with Gasteiger partial charge in [0, 0.05) is 18.0 Å². The summed E-state index contributed by atoms with van der Waals surface area (Å²) in [5.41, 5.74) is 10.7. The van der Waals surface area contributed by atoms with Gasteiger partial charge in [-0.1, -0.05) is 18.2 Å². The van der Waals surface area contributed by atoms with E-state index in [9.17, 15) is 4.79 Å². The summed E-state index contributed by atoms with van der Waals surface area (Å²) in [5, 5.41) is 0. The molecule has 0 saturated carbocycles. The largest absolute Gasteiger partial charge is 0.368 e. The third-order valence-electron chi connectivity index (χ3n) is 1.64. The number of carbonyl (C=O) groups is 1. The number of nitrogens with two attached hydrogens (primary N) is 2. The van der Waals surface area contributed by atoms with E-state index in [-0.39, 0.29) is 5.91 Å². The highest BCUT2D eigenvalue weighted by Gasteiger charge is 1.93. The number of rotatable bonds is 1. The van der Waals surface area contributed by atoms with Crippen LogP contribution in [0.5, 0.6) is 0 Å². The maximum absolute atomic E-state index is 10.4. The first-order valence-corrected chi connectivity index (χ1v) is 4.57. The fourth-order valence-corrected chi connectivity index (χ4v) is 0.913. The molecule has 2 aromatic rings. The molecule has 1 aromatic heterocycles. The molecule has 2 rings (SSSR count). The third-order valence-corrected chi connectivity index (χ3v) is 1.64. The molecule has 5 heteroatoms. The summed E-state index contributed by atoms with van der Waals surface area (Å²) in [6.07, 6.45) is 3.20. The van der Waals surface area contributed by atoms with Crippen LogP contribution >= 0.6 is 0 Å². The summed E-state index contributed by atoms with van der Waals surface area (Å²) < 4.78 is 0. The van der Waals surface area contributed by atoms with Gasteiger partial charge in [0.25, 0.3) is 0 Å². The highest BCUT2D eigenvalue weighted by molar-refractivity contribution is 5.92. The zero-order valence-corrected chi connectivity index (χ0v) is 8.58. The van der Waals surface area contributed by atoms with Crippen molar-refractivity contribution in [2.24, 2.45) is 5.73 Å². The molecule has 82 valence electrons. The van der Waals surface area contributed by atoms with Crippen molar-refractivity contribution in [2.45, 2.75) is 0 Å². The van der Waals surface area contributed by atoms with Crippen molar-refractivity contribution in [3.8, 4) is 0 Å². The number of nitrogen functional groups attached to an aromatic ring is 1. The molecule has 0 bridgehead atoms. The van der Waals surface area contributed by atoms with Crippen molar-refractivity contribution >= 4 is 11.9 Å². The number of primary amides is 1. The number of hydrogen-bond donors (Lipinski definition) is 2. The highest BCUT2D eigenvalue weighted by Crippen LogP contribution is 1.94. The Labute approximate surface area is 93.1 Å². The number of carbonyl (C=O) groups excluding carboxylic acids is 1. The molecule has 0 spiro atoms. The van der Waals surface area contributed by atoms with E-state index in [0.29, 0.717) is 11.5 Å². The lowest BCUT2D eigenvalue weighted by molar-refractivity contribution is 0.100. The minimum atomic E-state index is -0.379. The first kappa shape index (κ1) is 11.6. The van der Waals surface area contributed by atoms with Crippen LogP contribution in [-0.2, 0) is 0 Å². The predicted molar refractivity (Wildman–Crippen MR) is 61.4 cm³/mol. The Morgan fingerprint density at radius 1 is 1.00 bits per heavy atom. The summed E-state index contributed by atoms with van der Waals surface area (Å²) >= 11 is 0. The number of anilines is 1. The summed E-state index contributed by atoms with van der Waals surface area (Å²) in [7, 11) is 0. The van der Waals surface area contributed by atoms with Gasteiger partial charge in [0.15, 0.2) is 0 Å². The predicted octanol–water partition coefficient (Wildman–Crippen LogP) is 0.844. The van der Waals surface area contributed by atoms with Crippen LogP contribution < -0.4 is 11.5 Å². The second-order valence-corrected chi connectivity index (χ2v) is 2.84. The number of benzene rings is 1. The van der Waals surface area contributed by atoms with E-state index in [1.807, 2.05) is 6.07 Å². The standard InChI is InChI=1S/C7H7NO.C4H5N3/c8-7(9)6-4-2-1-3-5-6;5-4-6-2-1-3-7-4/h1-5H,(H2,8,9);1-3H,(H2,5,6,7). The van der Waals surface area contributed by atoms with E-state index in [0.717, 1.165) is 0 Å². The SMILES string of the molecule is NC(=O)c1ccccc1.Nc1ncccn1. The molecule has 0 unspecified atom stereocenters. The molecule has 4 N–H and O–H groups in total. The van der Waals surface area contributed by atoms with E-state index >= 15 is 0 Å². The molecule has 16 heavy (non-hydrogen) atoms. The second kappa shape index (κ2) is 6.13. The molecule has 1 heterocycles. The van der Waals surface area contributed by atoms with Gasteiger partial charge >= 0.3 is 0 Å². The van der Waals surface area contributed by atoms with Gasteiger partial charge in [-0.3, -0.25) is 4.79 Å². The zero-order chi connectivity index (χ0) is 11.8. The minimum absolute atomic E-state index is 0.322. The lowest BCUT2D eigenvalue weighted by Crippen LogP contribution is -2.09. The molecular formula is C11H12N4O. The monoisotopic (exact) mass is 216 g/mol. The highest BCUT2D eigenvalue weighted by atomic mass is 16.1. The van der Waals surface area contributed by atoms with Gasteiger partial charge in [0.2, 0.25) is 11.9 Å². The Kier molecular flexibility index (Phi) is 4.46. The fourth-order valence-electron chi connectivity index (χ4n) is 0.913. The van der Waals surface area contributed by atoms with Crippen molar-refractivity contribution in [3.05, 3.63) is 54.4 Å². The average molecular weight is 216 g/mol. The number of aromatic nitrogens is 2. The van der Waals surface area contributed by atoms with Crippen LogP contribution in [0.4, 0.5) is 5.95 Å². The minimum Gasteiger partial charge on any atom is -0.368 e. The van der Waals surface area contributed by atoms with Crippen molar-refractivity contribution in [3.63, 3.8) is 0 Å². The Morgan fingerprint density at radius 3 is 1.88 bits per heavy atom. The van der Waals surface area contributed by atoms with Crippen LogP contribution in [-0.4, -0.2) is 15.9 Å². The molecule has 0 aliphatic carbocycles. The molecule has 0 saturated heterocycles. The summed E-state index contributed by atoms with van der Waals surface area (Å²) in [6, 6.07) is 10.5. The molecular weight excluding hydrogens is 204 g/mol. The normalized spacial score (nSPS) is 8.75. The molecule has 1 amide bonds. The molecule has 0 radical (unpaired) electrons. The third kappa shape index (κ3) is 4.19. The van der Waals surface area contributed by atoms with Crippen molar-refractivity contribution < 1.29 is 4.79 Å². The van der Waals surface area contributed by atoms with Crippen LogP contribution in [0, 0.1) is 0 Å². The van der Waals surface area contributed by atoms with Gasteiger partial charge in [-0.15, -0.1) is 0 Å². The fraction of sp³-hybridized carbons (Fsp3) is 0. The number of nitrogens with zero attached hydrogens (tertiary/aromatic N) is 2. The zero-order valence-electron chi connectivity index (χ0n) is 8.58. The van der Waals surface area contributed by atoms with E-state index in [1.54, 1.807) is 42.7 Å². The van der Waals surface area contributed by atoms with Crippen molar-refractivity contribution in [2.75, 3.05) is 5.73 Å². The molecule has 0 atom stereocenters. The van der Waals surface area contributed by atoms with E-state index in [1.165, 1.54) is 0 Å². The smallest absolute Gasteiger partial charge is 0.248 e. The van der Waals surface area contributed by atoms with Crippen LogP contribution in [0.15, 0.2) is 48.8 Å². The molecule has 1 aromatic carbocycles. The summed E-state index contributed by atoms with van der Waals surface area (Å²) in [5.74, 6) is -0.0573. The van der Waals surface area contributed by atoms with Crippen LogP contribution in [0.25, 0.3) is 0 Å². The first-order chi connectivity index (χ1) is 7.70. The van der Waals surface area contributed by atoms with E-state index < -0.39 is 0 Å². The van der Waals surface area contributed by atoms with Gasteiger partial charge in [0.1, 0.15) is 0 Å². The van der Waals surface area contributed by atoms with Gasteiger partial charge in [-0.05, 0) is 18.2 Å². The molecule has 0 aliphatic rings. The Balaban J connectivity index is 0.000000165. The maximum Gasteiger partial charge on any atom is 0.248 e. The van der Waals surface area contributed by atoms with Gasteiger partial charge in [-0.2, -0.15) is 0 Å². The summed E-state index contributed by atoms with van der Waals surface area (Å²) in [6.45, 7) is 0. The summed E-state index contributed by atoms with van der Waals surface area (Å²) in [4.78, 5) is 17.7. The Hall–Kier alpha value is -2.43. The van der Waals surface area contributed by atoms with Gasteiger partial charge in [0.05, 0.1) is 0 Å². The molecule has 0 fully saturated rings. The Bertz CT molecular complexity index is 430. The number of hydrogen-bond acceptors (Lipinski definition) is 4. The van der Waals surface area contributed by atoms with Gasteiger partial charge in [-0.25, -0.2) is 9.97 Å².